The first-order valence-corrected chi connectivity index (χ1v) is 6.78. The van der Waals surface area contributed by atoms with E-state index in [0.717, 1.165) is 6.07 Å². The van der Waals surface area contributed by atoms with Crippen LogP contribution in [0.4, 0.5) is 26.3 Å². The zero-order chi connectivity index (χ0) is 14.1. The molecule has 0 atom stereocenters. The van der Waals surface area contributed by atoms with Gasteiger partial charge in [-0.3, -0.25) is 0 Å². The van der Waals surface area contributed by atoms with Gasteiger partial charge < -0.3 is 0 Å². The van der Waals surface area contributed by atoms with E-state index in [1.54, 1.807) is 0 Å². The fraction of sp³-hybridized carbons (Fsp3) is 0.400. The van der Waals surface area contributed by atoms with Crippen molar-refractivity contribution < 1.29 is 26.3 Å². The molecule has 0 heterocycles. The molecule has 0 N–H and O–H groups in total. The molecule has 0 radical (unpaired) electrons. The first-order chi connectivity index (χ1) is 8.12. The molecule has 0 aromatic heterocycles. The largest absolute Gasteiger partial charge is 0.417 e. The van der Waals surface area contributed by atoms with E-state index in [0.29, 0.717) is 6.07 Å². The lowest BCUT2D eigenvalue weighted by Gasteiger charge is -2.20. The van der Waals surface area contributed by atoms with Gasteiger partial charge in [-0.25, -0.2) is 0 Å². The highest BCUT2D eigenvalue weighted by Crippen LogP contribution is 2.43. The number of alkyl halides is 8. The van der Waals surface area contributed by atoms with E-state index in [1.807, 2.05) is 0 Å². The first-order valence-electron chi connectivity index (χ1n) is 4.54. The van der Waals surface area contributed by atoms with Crippen molar-refractivity contribution in [1.82, 2.24) is 0 Å². The van der Waals surface area contributed by atoms with Crippen LogP contribution in [-0.4, -0.2) is 0 Å². The van der Waals surface area contributed by atoms with Gasteiger partial charge in [0.2, 0.25) is 0 Å². The second-order valence-corrected chi connectivity index (χ2v) is 4.51. The van der Waals surface area contributed by atoms with Gasteiger partial charge in [-0.15, -0.1) is 0 Å². The van der Waals surface area contributed by atoms with Gasteiger partial charge in [0.1, 0.15) is 0 Å². The van der Waals surface area contributed by atoms with Crippen molar-refractivity contribution in [3.05, 3.63) is 34.4 Å². The molecule has 1 rings (SSSR count). The molecule has 0 aliphatic heterocycles. The van der Waals surface area contributed by atoms with Gasteiger partial charge in [0.15, 0.2) is 0 Å². The van der Waals surface area contributed by atoms with Crippen molar-refractivity contribution in [2.24, 2.45) is 0 Å². The Labute approximate surface area is 116 Å². The highest BCUT2D eigenvalue weighted by Gasteiger charge is 2.45. The fourth-order valence-electron chi connectivity index (χ4n) is 1.53. The molecular formula is C10H6Br2F6. The Hall–Kier alpha value is -0.240. The normalized spacial score (nSPS) is 12.9. The summed E-state index contributed by atoms with van der Waals surface area (Å²) in [4.78, 5) is 0. The van der Waals surface area contributed by atoms with Crippen LogP contribution in [0.5, 0.6) is 0 Å². The maximum Gasteiger partial charge on any atom is 0.417 e. The number of benzene rings is 1. The number of halogens is 8. The van der Waals surface area contributed by atoms with Crippen molar-refractivity contribution in [2.75, 3.05) is 0 Å². The molecule has 102 valence electrons. The summed E-state index contributed by atoms with van der Waals surface area (Å²) in [5.41, 5.74) is -3.50. The van der Waals surface area contributed by atoms with E-state index < -0.39 is 29.0 Å². The molecule has 1 aromatic carbocycles. The predicted molar refractivity (Wildman–Crippen MR) is 61.7 cm³/mol. The molecule has 0 bridgehead atoms. The maximum absolute atomic E-state index is 12.8. The third kappa shape index (κ3) is 3.20. The predicted octanol–water partition coefficient (Wildman–Crippen LogP) is 5.51. The van der Waals surface area contributed by atoms with Gasteiger partial charge in [0.05, 0.1) is 11.1 Å². The quantitative estimate of drug-likeness (QED) is 0.454. The van der Waals surface area contributed by atoms with Crippen LogP contribution in [0.2, 0.25) is 0 Å². The zero-order valence-corrected chi connectivity index (χ0v) is 11.8. The standard InChI is InChI=1S/C10H6Br2F6/c11-3-5-1-2-7(9(13,14)15)8(6(5)4-12)10(16,17)18/h1-2H,3-4H2. The van der Waals surface area contributed by atoms with Crippen LogP contribution in [0, 0.1) is 0 Å². The number of hydrogen-bond donors (Lipinski definition) is 0. The Bertz CT molecular complexity index is 435. The lowest BCUT2D eigenvalue weighted by atomic mass is 9.97. The average molecular weight is 400 g/mol. The third-order valence-corrected chi connectivity index (χ3v) is 3.44. The molecule has 0 saturated carbocycles. The Kier molecular flexibility index (Phi) is 4.75. The Morgan fingerprint density at radius 3 is 1.72 bits per heavy atom. The first kappa shape index (κ1) is 15.8. The van der Waals surface area contributed by atoms with Crippen LogP contribution in [0.3, 0.4) is 0 Å². The summed E-state index contributed by atoms with van der Waals surface area (Å²) in [6, 6.07) is 1.51. The second kappa shape index (κ2) is 5.40. The fourth-order valence-corrected chi connectivity index (χ4v) is 2.69. The van der Waals surface area contributed by atoms with Crippen molar-refractivity contribution in [1.29, 1.82) is 0 Å². The summed E-state index contributed by atoms with van der Waals surface area (Å²) in [7, 11) is 0. The molecule has 0 nitrogen and oxygen atoms in total. The van der Waals surface area contributed by atoms with Gasteiger partial charge >= 0.3 is 12.4 Å². The van der Waals surface area contributed by atoms with E-state index in [9.17, 15) is 26.3 Å². The zero-order valence-electron chi connectivity index (χ0n) is 8.59. The van der Waals surface area contributed by atoms with Crippen LogP contribution in [0.1, 0.15) is 22.3 Å². The van der Waals surface area contributed by atoms with Crippen molar-refractivity contribution >= 4 is 31.9 Å². The third-order valence-electron chi connectivity index (χ3n) is 2.28. The number of rotatable bonds is 2. The minimum absolute atomic E-state index is 0.0507. The van der Waals surface area contributed by atoms with Crippen molar-refractivity contribution in [2.45, 2.75) is 23.0 Å². The van der Waals surface area contributed by atoms with E-state index >= 15 is 0 Å². The Balaban J connectivity index is 3.66. The SMILES string of the molecule is FC(F)(F)c1ccc(CBr)c(CBr)c1C(F)(F)F. The monoisotopic (exact) mass is 398 g/mol. The van der Waals surface area contributed by atoms with E-state index in [-0.39, 0.29) is 16.2 Å². The molecule has 8 heteroatoms. The van der Waals surface area contributed by atoms with Gasteiger partial charge in [0.25, 0.3) is 0 Å². The Morgan fingerprint density at radius 2 is 1.39 bits per heavy atom. The molecule has 0 unspecified atom stereocenters. The lowest BCUT2D eigenvalue weighted by Crippen LogP contribution is -2.19. The van der Waals surface area contributed by atoms with Crippen LogP contribution in [0.25, 0.3) is 0 Å². The van der Waals surface area contributed by atoms with Gasteiger partial charge in [-0.2, -0.15) is 26.3 Å². The molecule has 0 amide bonds. The highest BCUT2D eigenvalue weighted by atomic mass is 79.9. The molecule has 18 heavy (non-hydrogen) atoms. The molecule has 0 aliphatic rings. The van der Waals surface area contributed by atoms with E-state index in [2.05, 4.69) is 31.9 Å². The molecular weight excluding hydrogens is 394 g/mol. The average Bonchev–Trinajstić information content (AvgIpc) is 2.24. The summed E-state index contributed by atoms with van der Waals surface area (Å²) in [5, 5.41) is -0.248. The number of hydrogen-bond acceptors (Lipinski definition) is 0. The van der Waals surface area contributed by atoms with Gasteiger partial charge in [0, 0.05) is 10.7 Å². The van der Waals surface area contributed by atoms with Crippen LogP contribution in [-0.2, 0) is 23.0 Å². The summed E-state index contributed by atoms with van der Waals surface area (Å²) in [6.45, 7) is 0. The maximum atomic E-state index is 12.8. The molecule has 0 aliphatic carbocycles. The van der Waals surface area contributed by atoms with Crippen molar-refractivity contribution in [3.63, 3.8) is 0 Å². The van der Waals surface area contributed by atoms with Crippen LogP contribution in [0.15, 0.2) is 12.1 Å². The molecule has 1 aromatic rings. The summed E-state index contributed by atoms with van der Waals surface area (Å²) in [6.07, 6.45) is -10.1. The summed E-state index contributed by atoms with van der Waals surface area (Å²) >= 11 is 5.76. The minimum atomic E-state index is -5.05. The van der Waals surface area contributed by atoms with Gasteiger partial charge in [-0.1, -0.05) is 37.9 Å². The van der Waals surface area contributed by atoms with Gasteiger partial charge in [-0.05, 0) is 17.2 Å². The lowest BCUT2D eigenvalue weighted by molar-refractivity contribution is -0.162. The summed E-state index contributed by atoms with van der Waals surface area (Å²) in [5.74, 6) is 0. The van der Waals surface area contributed by atoms with Crippen LogP contribution >= 0.6 is 31.9 Å². The topological polar surface area (TPSA) is 0 Å². The molecule has 0 fully saturated rings. The minimum Gasteiger partial charge on any atom is -0.166 e. The van der Waals surface area contributed by atoms with Crippen molar-refractivity contribution in [3.8, 4) is 0 Å². The van der Waals surface area contributed by atoms with E-state index in [1.165, 1.54) is 0 Å². The molecule has 0 spiro atoms. The second-order valence-electron chi connectivity index (χ2n) is 3.39. The highest BCUT2D eigenvalue weighted by molar-refractivity contribution is 9.09. The smallest absolute Gasteiger partial charge is 0.166 e. The van der Waals surface area contributed by atoms with E-state index in [4.69, 9.17) is 0 Å². The van der Waals surface area contributed by atoms with Crippen LogP contribution < -0.4 is 0 Å². The Morgan fingerprint density at radius 1 is 0.833 bits per heavy atom. The summed E-state index contributed by atoms with van der Waals surface area (Å²) < 4.78 is 76.2. The molecule has 0 saturated heterocycles.